The third-order valence-corrected chi connectivity index (χ3v) is 7.73. The Labute approximate surface area is 155 Å². The molecule has 1 aromatic rings. The van der Waals surface area contributed by atoms with Crippen molar-refractivity contribution >= 4 is 0 Å². The Hall–Kier alpha value is -0.820. The number of rotatable bonds is 2. The van der Waals surface area contributed by atoms with Gasteiger partial charge in [-0.2, -0.15) is 0 Å². The summed E-state index contributed by atoms with van der Waals surface area (Å²) in [5.74, 6) is 2.30. The van der Waals surface area contributed by atoms with Gasteiger partial charge in [-0.1, -0.05) is 65.7 Å². The Kier molecular flexibility index (Phi) is 4.30. The Bertz CT molecular complexity index is 630. The van der Waals surface area contributed by atoms with Crippen LogP contribution in [-0.4, -0.2) is 12.6 Å². The van der Waals surface area contributed by atoms with Crippen LogP contribution in [0.3, 0.4) is 0 Å². The quantitative estimate of drug-likeness (QED) is 0.683. The first-order valence-electron chi connectivity index (χ1n) is 10.7. The summed E-state index contributed by atoms with van der Waals surface area (Å²) < 4.78 is 0. The van der Waals surface area contributed by atoms with E-state index in [-0.39, 0.29) is 5.41 Å². The number of nitrogens with one attached hydrogen (secondary N) is 1. The molecule has 1 N–H and O–H groups in total. The zero-order valence-corrected chi connectivity index (χ0v) is 17.0. The fourth-order valence-electron chi connectivity index (χ4n) is 6.49. The van der Waals surface area contributed by atoms with E-state index >= 15 is 0 Å². The number of hydrogen-bond acceptors (Lipinski definition) is 1. The maximum absolute atomic E-state index is 3.99. The summed E-state index contributed by atoms with van der Waals surface area (Å²) in [5, 5.41) is 3.99. The third kappa shape index (κ3) is 2.78. The molecule has 1 saturated carbocycles. The minimum absolute atomic E-state index is 0.236. The Morgan fingerprint density at radius 2 is 1.64 bits per heavy atom. The van der Waals surface area contributed by atoms with E-state index in [1.165, 1.54) is 45.1 Å². The van der Waals surface area contributed by atoms with Crippen molar-refractivity contribution < 1.29 is 0 Å². The lowest BCUT2D eigenvalue weighted by Gasteiger charge is -2.43. The van der Waals surface area contributed by atoms with E-state index in [1.807, 2.05) is 0 Å². The molecule has 4 rings (SSSR count). The maximum Gasteiger partial charge on any atom is 0.0210 e. The molecule has 1 aliphatic heterocycles. The van der Waals surface area contributed by atoms with Gasteiger partial charge in [0.05, 0.1) is 0 Å². The first kappa shape index (κ1) is 17.6. The fourth-order valence-corrected chi connectivity index (χ4v) is 6.49. The normalized spacial score (nSPS) is 30.4. The lowest BCUT2D eigenvalue weighted by atomic mass is 9.64. The van der Waals surface area contributed by atoms with Crippen LogP contribution in [0.2, 0.25) is 0 Å². The van der Waals surface area contributed by atoms with E-state index in [0.29, 0.717) is 17.4 Å². The van der Waals surface area contributed by atoms with Crippen LogP contribution in [0.1, 0.15) is 102 Å². The van der Waals surface area contributed by atoms with Gasteiger partial charge in [0.25, 0.3) is 0 Å². The molecule has 0 aromatic heterocycles. The molecule has 1 nitrogen and oxygen atoms in total. The smallest absolute Gasteiger partial charge is 0.0210 e. The molecule has 1 heteroatoms. The molecule has 1 saturated heterocycles. The van der Waals surface area contributed by atoms with Gasteiger partial charge < -0.3 is 5.32 Å². The Morgan fingerprint density at radius 1 is 0.920 bits per heavy atom. The van der Waals surface area contributed by atoms with E-state index in [0.717, 1.165) is 11.8 Å². The molecule has 25 heavy (non-hydrogen) atoms. The van der Waals surface area contributed by atoms with Crippen molar-refractivity contribution in [2.75, 3.05) is 6.54 Å². The molecule has 3 atom stereocenters. The number of hydrogen-bond donors (Lipinski definition) is 1. The summed E-state index contributed by atoms with van der Waals surface area (Å²) in [4.78, 5) is 0. The first-order chi connectivity index (χ1) is 11.8. The second-order valence-corrected chi connectivity index (χ2v) is 10.6. The summed E-state index contributed by atoms with van der Waals surface area (Å²) in [6.07, 6.45) is 8.46. The van der Waals surface area contributed by atoms with Crippen LogP contribution < -0.4 is 5.32 Å². The predicted molar refractivity (Wildman–Crippen MR) is 107 cm³/mol. The van der Waals surface area contributed by atoms with Crippen LogP contribution in [0.4, 0.5) is 0 Å². The van der Waals surface area contributed by atoms with E-state index in [2.05, 4.69) is 58.1 Å². The zero-order chi connectivity index (χ0) is 17.8. The van der Waals surface area contributed by atoms with Gasteiger partial charge in [0.2, 0.25) is 0 Å². The van der Waals surface area contributed by atoms with Gasteiger partial charge in [-0.25, -0.2) is 0 Å². The van der Waals surface area contributed by atoms with Crippen molar-refractivity contribution in [1.82, 2.24) is 5.32 Å². The van der Waals surface area contributed by atoms with Crippen LogP contribution in [0.15, 0.2) is 18.2 Å². The molecule has 2 fully saturated rings. The van der Waals surface area contributed by atoms with Crippen LogP contribution in [0.25, 0.3) is 0 Å². The highest BCUT2D eigenvalue weighted by Crippen LogP contribution is 2.59. The van der Waals surface area contributed by atoms with Crippen LogP contribution >= 0.6 is 0 Å². The van der Waals surface area contributed by atoms with Gasteiger partial charge in [-0.3, -0.25) is 0 Å². The van der Waals surface area contributed by atoms with Crippen molar-refractivity contribution in [3.8, 4) is 0 Å². The molecule has 0 spiro atoms. The number of benzene rings is 1. The number of piperidine rings is 1. The molecule has 0 amide bonds. The van der Waals surface area contributed by atoms with Crippen LogP contribution in [0, 0.1) is 11.3 Å². The monoisotopic (exact) mass is 339 g/mol. The van der Waals surface area contributed by atoms with Gasteiger partial charge in [0.15, 0.2) is 0 Å². The lowest BCUT2D eigenvalue weighted by molar-refractivity contribution is 0.131. The predicted octanol–water partition coefficient (Wildman–Crippen LogP) is 6.13. The highest BCUT2D eigenvalue weighted by atomic mass is 15.0. The van der Waals surface area contributed by atoms with E-state index < -0.39 is 0 Å². The fraction of sp³-hybridized carbons (Fsp3) is 0.750. The molecule has 138 valence electrons. The van der Waals surface area contributed by atoms with Gasteiger partial charge in [0.1, 0.15) is 0 Å². The molecule has 0 bridgehead atoms. The van der Waals surface area contributed by atoms with Gasteiger partial charge in [0, 0.05) is 17.9 Å². The highest BCUT2D eigenvalue weighted by molar-refractivity contribution is 5.50. The van der Waals surface area contributed by atoms with Gasteiger partial charge >= 0.3 is 0 Å². The van der Waals surface area contributed by atoms with E-state index in [1.54, 1.807) is 16.7 Å². The molecule has 0 radical (unpaired) electrons. The lowest BCUT2D eigenvalue weighted by Crippen LogP contribution is -2.46. The van der Waals surface area contributed by atoms with Crippen molar-refractivity contribution in [1.29, 1.82) is 0 Å². The second-order valence-electron chi connectivity index (χ2n) is 10.6. The first-order valence-corrected chi connectivity index (χ1v) is 10.7. The molecule has 3 aliphatic rings. The van der Waals surface area contributed by atoms with Crippen LogP contribution in [-0.2, 0) is 5.41 Å². The summed E-state index contributed by atoms with van der Waals surface area (Å²) in [6.45, 7) is 13.5. The van der Waals surface area contributed by atoms with Crippen molar-refractivity contribution in [2.45, 2.75) is 96.4 Å². The molecule has 2 aliphatic carbocycles. The van der Waals surface area contributed by atoms with Crippen molar-refractivity contribution in [3.05, 3.63) is 34.9 Å². The highest BCUT2D eigenvalue weighted by Gasteiger charge is 2.52. The van der Waals surface area contributed by atoms with E-state index in [9.17, 15) is 0 Å². The summed E-state index contributed by atoms with van der Waals surface area (Å²) >= 11 is 0. The van der Waals surface area contributed by atoms with Crippen molar-refractivity contribution in [3.63, 3.8) is 0 Å². The Balaban J connectivity index is 1.84. The zero-order valence-electron chi connectivity index (χ0n) is 17.0. The average Bonchev–Trinajstić information content (AvgIpc) is 3.20. The minimum Gasteiger partial charge on any atom is -0.313 e. The molecule has 1 heterocycles. The molecular weight excluding hydrogens is 302 g/mol. The molecular formula is C24H37N. The largest absolute Gasteiger partial charge is 0.313 e. The number of fused-ring (bicyclic) bond motifs is 3. The SMILES string of the molecule is CC(C)(C)c1cccc2c1C1CCCNC1C2C(C)(C)C1CCCC1. The molecule has 3 unspecified atom stereocenters. The van der Waals surface area contributed by atoms with Crippen LogP contribution in [0.5, 0.6) is 0 Å². The maximum atomic E-state index is 3.99. The van der Waals surface area contributed by atoms with Crippen molar-refractivity contribution in [2.24, 2.45) is 11.3 Å². The van der Waals surface area contributed by atoms with Gasteiger partial charge in [-0.05, 0) is 65.7 Å². The average molecular weight is 340 g/mol. The standard InChI is InChI=1S/C24H37N/c1-23(2,3)19-14-8-12-17-20(19)18-13-9-15-25-22(18)21(17)24(4,5)16-10-6-7-11-16/h8,12,14,16,18,21-22,25H,6-7,9-11,13,15H2,1-5H3. The minimum atomic E-state index is 0.236. The molecule has 1 aromatic carbocycles. The second kappa shape index (κ2) is 6.12. The summed E-state index contributed by atoms with van der Waals surface area (Å²) in [5.41, 5.74) is 5.65. The Morgan fingerprint density at radius 3 is 2.32 bits per heavy atom. The summed E-state index contributed by atoms with van der Waals surface area (Å²) in [6, 6.07) is 7.89. The summed E-state index contributed by atoms with van der Waals surface area (Å²) in [7, 11) is 0. The van der Waals surface area contributed by atoms with Gasteiger partial charge in [-0.15, -0.1) is 0 Å². The topological polar surface area (TPSA) is 12.0 Å². The van der Waals surface area contributed by atoms with E-state index in [4.69, 9.17) is 0 Å². The third-order valence-electron chi connectivity index (χ3n) is 7.73.